The Morgan fingerprint density at radius 2 is 2.35 bits per heavy atom. The zero-order valence-corrected chi connectivity index (χ0v) is 13.7. The highest BCUT2D eigenvalue weighted by molar-refractivity contribution is 7.09. The minimum absolute atomic E-state index is 0.329. The molecule has 20 heavy (non-hydrogen) atoms. The van der Waals surface area contributed by atoms with E-state index in [4.69, 9.17) is 0 Å². The SMILES string of the molecule is CCC(C)C1CN(Cc2nccs2)C(C)(C2CC2)CN1. The summed E-state index contributed by atoms with van der Waals surface area (Å²) in [5, 5.41) is 7.19. The van der Waals surface area contributed by atoms with Crippen molar-refractivity contribution in [2.45, 2.75) is 58.2 Å². The number of thiazole rings is 1. The van der Waals surface area contributed by atoms with Crippen molar-refractivity contribution in [3.8, 4) is 0 Å². The van der Waals surface area contributed by atoms with Crippen LogP contribution in [0.4, 0.5) is 0 Å². The van der Waals surface area contributed by atoms with Crippen LogP contribution >= 0.6 is 11.3 Å². The van der Waals surface area contributed by atoms with E-state index in [1.54, 1.807) is 11.3 Å². The third-order valence-corrected chi connectivity index (χ3v) is 6.22. The molecule has 2 aliphatic rings. The second-order valence-corrected chi connectivity index (χ2v) is 7.79. The van der Waals surface area contributed by atoms with E-state index in [-0.39, 0.29) is 0 Å². The number of nitrogens with zero attached hydrogens (tertiary/aromatic N) is 2. The second kappa shape index (κ2) is 5.74. The third-order valence-electron chi connectivity index (χ3n) is 5.46. The summed E-state index contributed by atoms with van der Waals surface area (Å²) < 4.78 is 0. The first-order valence-corrected chi connectivity index (χ1v) is 8.88. The first-order valence-electron chi connectivity index (χ1n) is 8.00. The van der Waals surface area contributed by atoms with Crippen LogP contribution in [-0.2, 0) is 6.54 Å². The van der Waals surface area contributed by atoms with E-state index in [9.17, 15) is 0 Å². The molecule has 1 saturated heterocycles. The van der Waals surface area contributed by atoms with Gasteiger partial charge in [-0.05, 0) is 31.6 Å². The fraction of sp³-hybridized carbons (Fsp3) is 0.812. The maximum absolute atomic E-state index is 4.50. The summed E-state index contributed by atoms with van der Waals surface area (Å²) in [5.74, 6) is 1.63. The molecule has 1 N–H and O–H groups in total. The van der Waals surface area contributed by atoms with Crippen LogP contribution in [-0.4, -0.2) is 34.6 Å². The Labute approximate surface area is 126 Å². The zero-order chi connectivity index (χ0) is 14.2. The smallest absolute Gasteiger partial charge is 0.107 e. The van der Waals surface area contributed by atoms with Crippen molar-refractivity contribution >= 4 is 11.3 Å². The van der Waals surface area contributed by atoms with Crippen LogP contribution in [0.5, 0.6) is 0 Å². The normalized spacial score (nSPS) is 33.2. The number of nitrogens with one attached hydrogen (secondary N) is 1. The summed E-state index contributed by atoms with van der Waals surface area (Å²) in [6.07, 6.45) is 5.99. The second-order valence-electron chi connectivity index (χ2n) is 6.81. The average molecular weight is 293 g/mol. The van der Waals surface area contributed by atoms with Crippen LogP contribution in [0.2, 0.25) is 0 Å². The van der Waals surface area contributed by atoms with Gasteiger partial charge in [-0.15, -0.1) is 11.3 Å². The lowest BCUT2D eigenvalue weighted by Gasteiger charge is -2.49. The molecule has 2 heterocycles. The summed E-state index contributed by atoms with van der Waals surface area (Å²) in [4.78, 5) is 7.22. The highest BCUT2D eigenvalue weighted by atomic mass is 32.1. The molecule has 0 aromatic carbocycles. The van der Waals surface area contributed by atoms with Crippen molar-refractivity contribution < 1.29 is 0 Å². The van der Waals surface area contributed by atoms with Gasteiger partial charge in [0.05, 0.1) is 6.54 Å². The highest BCUT2D eigenvalue weighted by Gasteiger charge is 2.48. The maximum atomic E-state index is 4.50. The van der Waals surface area contributed by atoms with Gasteiger partial charge in [-0.3, -0.25) is 4.90 Å². The van der Waals surface area contributed by atoms with E-state index in [0.29, 0.717) is 11.6 Å². The molecule has 3 nitrogen and oxygen atoms in total. The molecular formula is C16H27N3S. The lowest BCUT2D eigenvalue weighted by Crippen LogP contribution is -2.65. The molecular weight excluding hydrogens is 266 g/mol. The summed E-state index contributed by atoms with van der Waals surface area (Å²) in [6.45, 7) is 10.5. The molecule has 4 heteroatoms. The van der Waals surface area contributed by atoms with E-state index in [1.165, 1.54) is 30.8 Å². The van der Waals surface area contributed by atoms with Crippen molar-refractivity contribution in [3.63, 3.8) is 0 Å². The molecule has 3 unspecified atom stereocenters. The first kappa shape index (κ1) is 14.5. The fourth-order valence-corrected chi connectivity index (χ4v) is 4.10. The zero-order valence-electron chi connectivity index (χ0n) is 12.9. The van der Waals surface area contributed by atoms with E-state index in [2.05, 4.69) is 41.4 Å². The quantitative estimate of drug-likeness (QED) is 0.904. The van der Waals surface area contributed by atoms with Crippen LogP contribution in [0, 0.1) is 11.8 Å². The van der Waals surface area contributed by atoms with Crippen molar-refractivity contribution in [3.05, 3.63) is 16.6 Å². The number of hydrogen-bond acceptors (Lipinski definition) is 4. The Balaban J connectivity index is 1.75. The summed E-state index contributed by atoms with van der Waals surface area (Å²) in [6, 6.07) is 0.631. The average Bonchev–Trinajstić information content (AvgIpc) is 3.20. The molecule has 2 fully saturated rings. The van der Waals surface area contributed by atoms with Gasteiger partial charge < -0.3 is 5.32 Å². The molecule has 0 radical (unpaired) electrons. The molecule has 1 aliphatic carbocycles. The van der Waals surface area contributed by atoms with Gasteiger partial charge in [-0.2, -0.15) is 0 Å². The minimum atomic E-state index is 0.329. The lowest BCUT2D eigenvalue weighted by molar-refractivity contribution is 0.0166. The Morgan fingerprint density at radius 1 is 1.55 bits per heavy atom. The van der Waals surface area contributed by atoms with Gasteiger partial charge in [0.25, 0.3) is 0 Å². The van der Waals surface area contributed by atoms with Gasteiger partial charge in [0.15, 0.2) is 0 Å². The Kier molecular flexibility index (Phi) is 4.16. The topological polar surface area (TPSA) is 28.2 Å². The van der Waals surface area contributed by atoms with Gasteiger partial charge in [0.2, 0.25) is 0 Å². The molecule has 1 saturated carbocycles. The van der Waals surface area contributed by atoms with Crippen LogP contribution in [0.15, 0.2) is 11.6 Å². The fourth-order valence-electron chi connectivity index (χ4n) is 3.47. The van der Waals surface area contributed by atoms with E-state index in [1.807, 2.05) is 6.20 Å². The highest BCUT2D eigenvalue weighted by Crippen LogP contribution is 2.44. The molecule has 3 rings (SSSR count). The first-order chi connectivity index (χ1) is 9.63. The van der Waals surface area contributed by atoms with Gasteiger partial charge in [-0.25, -0.2) is 4.98 Å². The predicted octanol–water partition coefficient (Wildman–Crippen LogP) is 3.13. The number of aromatic nitrogens is 1. The van der Waals surface area contributed by atoms with Crippen molar-refractivity contribution in [1.82, 2.24) is 15.2 Å². The van der Waals surface area contributed by atoms with E-state index >= 15 is 0 Å². The minimum Gasteiger partial charge on any atom is -0.311 e. The van der Waals surface area contributed by atoms with E-state index in [0.717, 1.165) is 24.9 Å². The largest absolute Gasteiger partial charge is 0.311 e. The monoisotopic (exact) mass is 293 g/mol. The van der Waals surface area contributed by atoms with E-state index < -0.39 is 0 Å². The van der Waals surface area contributed by atoms with Gasteiger partial charge in [0.1, 0.15) is 5.01 Å². The van der Waals surface area contributed by atoms with Crippen LogP contribution in [0.3, 0.4) is 0 Å². The molecule has 1 aromatic rings. The van der Waals surface area contributed by atoms with Crippen molar-refractivity contribution in [2.24, 2.45) is 11.8 Å². The molecule has 0 bridgehead atoms. The summed E-state index contributed by atoms with van der Waals surface area (Å²) in [7, 11) is 0. The number of rotatable bonds is 5. The van der Waals surface area contributed by atoms with Gasteiger partial charge in [0, 0.05) is 36.2 Å². The molecule has 0 amide bonds. The summed E-state index contributed by atoms with van der Waals surface area (Å²) >= 11 is 1.79. The van der Waals surface area contributed by atoms with Gasteiger partial charge in [-0.1, -0.05) is 20.3 Å². The van der Waals surface area contributed by atoms with Crippen LogP contribution in [0.1, 0.15) is 45.0 Å². The van der Waals surface area contributed by atoms with Crippen LogP contribution < -0.4 is 5.32 Å². The molecule has 1 aliphatic heterocycles. The Hall–Kier alpha value is -0.450. The van der Waals surface area contributed by atoms with Crippen LogP contribution in [0.25, 0.3) is 0 Å². The van der Waals surface area contributed by atoms with Gasteiger partial charge >= 0.3 is 0 Å². The maximum Gasteiger partial charge on any atom is 0.107 e. The van der Waals surface area contributed by atoms with Crippen molar-refractivity contribution in [2.75, 3.05) is 13.1 Å². The van der Waals surface area contributed by atoms with Crippen molar-refractivity contribution in [1.29, 1.82) is 0 Å². The molecule has 0 spiro atoms. The lowest BCUT2D eigenvalue weighted by atomic mass is 9.86. The Bertz CT molecular complexity index is 429. The molecule has 3 atom stereocenters. The summed E-state index contributed by atoms with van der Waals surface area (Å²) in [5.41, 5.74) is 0.329. The molecule has 1 aromatic heterocycles. The standard InChI is InChI=1S/C16H27N3S/c1-4-12(2)14-9-19(10-15-17-7-8-20-15)16(3,11-18-14)13-5-6-13/h7-8,12-14,18H,4-6,9-11H2,1-3H3. The predicted molar refractivity (Wildman–Crippen MR) is 84.9 cm³/mol. The molecule has 112 valence electrons. The number of piperazine rings is 1. The Morgan fingerprint density at radius 3 is 2.95 bits per heavy atom. The third kappa shape index (κ3) is 2.78. The number of hydrogen-bond donors (Lipinski definition) is 1.